The quantitative estimate of drug-likeness (QED) is 0.556. The number of nitrogens with zero attached hydrogens (tertiary/aromatic N) is 3. The molecule has 0 radical (unpaired) electrons. The summed E-state index contributed by atoms with van der Waals surface area (Å²) in [5.74, 6) is -0.226. The molecule has 1 aromatic carbocycles. The topological polar surface area (TPSA) is 122 Å². The molecule has 0 saturated heterocycles. The molecular weight excluding hydrogens is 424 g/mol. The number of amides is 1. The molecule has 3 rings (SSSR count). The smallest absolute Gasteiger partial charge is 0.283 e. The van der Waals surface area contributed by atoms with Crippen molar-refractivity contribution in [2.45, 2.75) is 18.4 Å². The Morgan fingerprint density at radius 1 is 1.13 bits per heavy atom. The molecule has 0 bridgehead atoms. The predicted octanol–water partition coefficient (Wildman–Crippen LogP) is 1.78. The number of methoxy groups -OCH3 is 3. The maximum atomic E-state index is 12.9. The lowest BCUT2D eigenvalue weighted by Gasteiger charge is -2.15. The van der Waals surface area contributed by atoms with Crippen molar-refractivity contribution in [2.24, 2.45) is 0 Å². The van der Waals surface area contributed by atoms with E-state index in [0.29, 0.717) is 23.4 Å². The van der Waals surface area contributed by atoms with Crippen molar-refractivity contribution in [1.82, 2.24) is 19.5 Å². The molecule has 1 amide bonds. The third kappa shape index (κ3) is 4.77. The molecule has 0 saturated carbocycles. The summed E-state index contributed by atoms with van der Waals surface area (Å²) in [6, 6.07) is 7.80. The van der Waals surface area contributed by atoms with Crippen LogP contribution >= 0.6 is 0 Å². The number of hydrogen-bond acceptors (Lipinski definition) is 8. The first-order valence-electron chi connectivity index (χ1n) is 9.10. The minimum atomic E-state index is -4.25. The second-order valence-corrected chi connectivity index (χ2v) is 8.10. The number of ether oxygens (including phenoxy) is 3. The summed E-state index contributed by atoms with van der Waals surface area (Å²) >= 11 is 0. The Balaban J connectivity index is 1.89. The highest BCUT2D eigenvalue weighted by atomic mass is 32.2. The summed E-state index contributed by atoms with van der Waals surface area (Å²) in [5, 5.41) is 4.12. The van der Waals surface area contributed by atoms with Gasteiger partial charge in [-0.2, -0.15) is 5.10 Å². The molecule has 1 N–H and O–H groups in total. The van der Waals surface area contributed by atoms with Gasteiger partial charge in [-0.05, 0) is 36.8 Å². The average Bonchev–Trinajstić information content (AvgIpc) is 3.25. The average molecular weight is 446 g/mol. The van der Waals surface area contributed by atoms with E-state index in [1.807, 2.05) is 4.72 Å². The summed E-state index contributed by atoms with van der Waals surface area (Å²) in [6.07, 6.45) is 3.42. The number of aryl methyl sites for hydroxylation is 1. The van der Waals surface area contributed by atoms with Crippen molar-refractivity contribution in [3.8, 4) is 17.4 Å². The number of sulfonamides is 1. The van der Waals surface area contributed by atoms with Gasteiger partial charge >= 0.3 is 0 Å². The van der Waals surface area contributed by atoms with Gasteiger partial charge in [-0.15, -0.1) is 0 Å². The standard InChI is InChI=1S/C20H22N4O6S/c1-13-10-15(28-2)11-17(29-3)18(13)31(26,27)23-19(25)16-7-6-14(20(22-16)30-4)12-24-9-5-8-21-24/h5-11H,12H2,1-4H3,(H,23,25). The van der Waals surface area contributed by atoms with Gasteiger partial charge in [0, 0.05) is 24.0 Å². The fraction of sp³-hybridized carbons (Fsp3) is 0.250. The zero-order valence-corrected chi connectivity index (χ0v) is 18.3. The van der Waals surface area contributed by atoms with Crippen LogP contribution in [-0.4, -0.2) is 50.4 Å². The van der Waals surface area contributed by atoms with Crippen LogP contribution in [-0.2, 0) is 16.6 Å². The number of aromatic nitrogens is 3. The highest BCUT2D eigenvalue weighted by Crippen LogP contribution is 2.32. The van der Waals surface area contributed by atoms with Gasteiger partial charge in [0.1, 0.15) is 22.1 Å². The van der Waals surface area contributed by atoms with Gasteiger partial charge in [0.25, 0.3) is 15.9 Å². The molecule has 11 heteroatoms. The SMILES string of the molecule is COc1cc(C)c(S(=O)(=O)NC(=O)c2ccc(Cn3cccn3)c(OC)n2)c(OC)c1. The maximum Gasteiger partial charge on any atom is 0.283 e. The third-order valence-electron chi connectivity index (χ3n) is 4.42. The molecule has 0 atom stereocenters. The Morgan fingerprint density at radius 3 is 2.52 bits per heavy atom. The van der Waals surface area contributed by atoms with Gasteiger partial charge in [-0.25, -0.2) is 18.1 Å². The van der Waals surface area contributed by atoms with E-state index in [2.05, 4.69) is 10.1 Å². The lowest BCUT2D eigenvalue weighted by molar-refractivity contribution is 0.0975. The van der Waals surface area contributed by atoms with Crippen LogP contribution in [0.4, 0.5) is 0 Å². The van der Waals surface area contributed by atoms with E-state index in [-0.39, 0.29) is 22.2 Å². The predicted molar refractivity (Wildman–Crippen MR) is 111 cm³/mol. The number of carbonyl (C=O) groups is 1. The van der Waals surface area contributed by atoms with Crippen LogP contribution in [0.2, 0.25) is 0 Å². The number of hydrogen-bond donors (Lipinski definition) is 1. The Kier molecular flexibility index (Phi) is 6.44. The Morgan fingerprint density at radius 2 is 1.90 bits per heavy atom. The van der Waals surface area contributed by atoms with Crippen molar-refractivity contribution in [1.29, 1.82) is 0 Å². The number of pyridine rings is 1. The fourth-order valence-corrected chi connectivity index (χ4v) is 4.35. The van der Waals surface area contributed by atoms with E-state index < -0.39 is 15.9 Å². The summed E-state index contributed by atoms with van der Waals surface area (Å²) in [4.78, 5) is 16.7. The number of nitrogens with one attached hydrogen (secondary N) is 1. The highest BCUT2D eigenvalue weighted by molar-refractivity contribution is 7.90. The molecule has 31 heavy (non-hydrogen) atoms. The second-order valence-electron chi connectivity index (χ2n) is 6.48. The first-order chi connectivity index (χ1) is 14.8. The molecule has 2 heterocycles. The Bertz CT molecular complexity index is 1190. The van der Waals surface area contributed by atoms with Crippen LogP contribution in [0, 0.1) is 6.92 Å². The van der Waals surface area contributed by atoms with Crippen molar-refractivity contribution >= 4 is 15.9 Å². The molecule has 3 aromatic rings. The van der Waals surface area contributed by atoms with Gasteiger partial charge in [0.15, 0.2) is 0 Å². The number of benzene rings is 1. The van der Waals surface area contributed by atoms with Crippen molar-refractivity contribution < 1.29 is 27.4 Å². The van der Waals surface area contributed by atoms with Gasteiger partial charge < -0.3 is 14.2 Å². The van der Waals surface area contributed by atoms with Crippen molar-refractivity contribution in [3.05, 3.63) is 59.5 Å². The lowest BCUT2D eigenvalue weighted by Crippen LogP contribution is -2.32. The Labute approximate surface area is 179 Å². The summed E-state index contributed by atoms with van der Waals surface area (Å²) in [7, 11) is -0.0455. The first-order valence-corrected chi connectivity index (χ1v) is 10.6. The van der Waals surface area contributed by atoms with E-state index in [1.165, 1.54) is 39.5 Å². The molecule has 0 spiro atoms. The van der Waals surface area contributed by atoms with Crippen LogP contribution in [0.1, 0.15) is 21.6 Å². The van der Waals surface area contributed by atoms with E-state index in [9.17, 15) is 13.2 Å². The lowest BCUT2D eigenvalue weighted by atomic mass is 10.2. The van der Waals surface area contributed by atoms with Gasteiger partial charge in [0.2, 0.25) is 5.88 Å². The van der Waals surface area contributed by atoms with Crippen LogP contribution < -0.4 is 18.9 Å². The molecule has 0 aliphatic rings. The van der Waals surface area contributed by atoms with E-state index in [1.54, 1.807) is 36.1 Å². The minimum absolute atomic E-state index is 0.0530. The summed E-state index contributed by atoms with van der Waals surface area (Å²) in [5.41, 5.74) is 0.921. The molecule has 0 unspecified atom stereocenters. The van der Waals surface area contributed by atoms with E-state index >= 15 is 0 Å². The summed E-state index contributed by atoms with van der Waals surface area (Å²) in [6.45, 7) is 1.96. The monoisotopic (exact) mass is 446 g/mol. The zero-order chi connectivity index (χ0) is 22.6. The highest BCUT2D eigenvalue weighted by Gasteiger charge is 2.27. The molecule has 164 valence electrons. The fourth-order valence-electron chi connectivity index (χ4n) is 3.01. The number of carbonyl (C=O) groups excluding carboxylic acids is 1. The van der Waals surface area contributed by atoms with Gasteiger partial charge in [-0.3, -0.25) is 9.48 Å². The molecule has 0 aliphatic heterocycles. The molecule has 0 fully saturated rings. The van der Waals surface area contributed by atoms with E-state index in [0.717, 1.165) is 0 Å². The van der Waals surface area contributed by atoms with Crippen molar-refractivity contribution in [3.63, 3.8) is 0 Å². The molecule has 2 aromatic heterocycles. The molecule has 0 aliphatic carbocycles. The van der Waals surface area contributed by atoms with Gasteiger partial charge in [0.05, 0.1) is 27.9 Å². The van der Waals surface area contributed by atoms with Crippen LogP contribution in [0.3, 0.4) is 0 Å². The largest absolute Gasteiger partial charge is 0.497 e. The third-order valence-corrected chi connectivity index (χ3v) is 5.94. The van der Waals surface area contributed by atoms with E-state index in [4.69, 9.17) is 14.2 Å². The second kappa shape index (κ2) is 9.04. The van der Waals surface area contributed by atoms with Crippen LogP contribution in [0.15, 0.2) is 47.6 Å². The maximum absolute atomic E-state index is 12.9. The minimum Gasteiger partial charge on any atom is -0.497 e. The Hall–Kier alpha value is -3.60. The first kappa shape index (κ1) is 22.1. The van der Waals surface area contributed by atoms with Crippen molar-refractivity contribution in [2.75, 3.05) is 21.3 Å². The normalized spacial score (nSPS) is 11.1. The molecular formula is C20H22N4O6S. The summed E-state index contributed by atoms with van der Waals surface area (Å²) < 4.78 is 45.1. The molecule has 10 nitrogen and oxygen atoms in total. The number of rotatable bonds is 8. The van der Waals surface area contributed by atoms with Gasteiger partial charge in [-0.1, -0.05) is 0 Å². The van der Waals surface area contributed by atoms with Crippen LogP contribution in [0.5, 0.6) is 17.4 Å². The van der Waals surface area contributed by atoms with Crippen LogP contribution in [0.25, 0.3) is 0 Å². The zero-order valence-electron chi connectivity index (χ0n) is 17.4.